The summed E-state index contributed by atoms with van der Waals surface area (Å²) in [5.74, 6) is 1.50. The van der Waals surface area contributed by atoms with E-state index in [1.807, 2.05) is 44.1 Å². The third-order valence-corrected chi connectivity index (χ3v) is 3.19. The third kappa shape index (κ3) is 4.84. The molecule has 0 atom stereocenters. The second kappa shape index (κ2) is 8.14. The summed E-state index contributed by atoms with van der Waals surface area (Å²) in [5.41, 5.74) is 1.60. The molecule has 0 fully saturated rings. The SMILES string of the molecule is COc1ccccc1OCC(=O)NCc1cc(C)nc(N(C)C)n1. The molecule has 2 rings (SSSR count). The van der Waals surface area contributed by atoms with Crippen molar-refractivity contribution in [1.82, 2.24) is 15.3 Å². The maximum absolute atomic E-state index is 12.0. The highest BCUT2D eigenvalue weighted by Crippen LogP contribution is 2.25. The smallest absolute Gasteiger partial charge is 0.258 e. The minimum absolute atomic E-state index is 0.0923. The Morgan fingerprint density at radius 1 is 1.21 bits per heavy atom. The van der Waals surface area contributed by atoms with Crippen molar-refractivity contribution < 1.29 is 14.3 Å². The first-order valence-electron chi connectivity index (χ1n) is 7.54. The number of methoxy groups -OCH3 is 1. The van der Waals surface area contributed by atoms with Crippen LogP contribution in [0.3, 0.4) is 0 Å². The number of hydrogen-bond donors (Lipinski definition) is 1. The molecule has 1 aromatic heterocycles. The van der Waals surface area contributed by atoms with Gasteiger partial charge in [-0.2, -0.15) is 0 Å². The summed E-state index contributed by atoms with van der Waals surface area (Å²) in [6.07, 6.45) is 0. The van der Waals surface area contributed by atoms with E-state index in [-0.39, 0.29) is 12.5 Å². The average Bonchev–Trinajstić information content (AvgIpc) is 2.57. The number of carbonyl (C=O) groups is 1. The average molecular weight is 330 g/mol. The van der Waals surface area contributed by atoms with E-state index in [4.69, 9.17) is 9.47 Å². The van der Waals surface area contributed by atoms with E-state index >= 15 is 0 Å². The van der Waals surface area contributed by atoms with E-state index in [0.717, 1.165) is 11.4 Å². The van der Waals surface area contributed by atoms with E-state index in [1.54, 1.807) is 19.2 Å². The standard InChI is InChI=1S/C17H22N4O3/c1-12-9-13(20-17(19-12)21(2)3)10-18-16(22)11-24-15-8-6-5-7-14(15)23-4/h5-9H,10-11H2,1-4H3,(H,18,22). The van der Waals surface area contributed by atoms with E-state index in [9.17, 15) is 4.79 Å². The highest BCUT2D eigenvalue weighted by atomic mass is 16.5. The molecule has 24 heavy (non-hydrogen) atoms. The van der Waals surface area contributed by atoms with Crippen molar-refractivity contribution in [2.24, 2.45) is 0 Å². The molecule has 1 aromatic carbocycles. The minimum atomic E-state index is -0.233. The highest BCUT2D eigenvalue weighted by molar-refractivity contribution is 5.77. The predicted molar refractivity (Wildman–Crippen MR) is 91.4 cm³/mol. The van der Waals surface area contributed by atoms with Crippen molar-refractivity contribution in [2.75, 3.05) is 32.7 Å². The second-order valence-corrected chi connectivity index (χ2v) is 5.41. The van der Waals surface area contributed by atoms with Crippen LogP contribution in [0.15, 0.2) is 30.3 Å². The molecule has 0 saturated heterocycles. The number of para-hydroxylation sites is 2. The molecule has 0 radical (unpaired) electrons. The topological polar surface area (TPSA) is 76.6 Å². The van der Waals surface area contributed by atoms with Gasteiger partial charge in [-0.25, -0.2) is 9.97 Å². The Kier molecular flexibility index (Phi) is 5.95. The van der Waals surface area contributed by atoms with E-state index in [2.05, 4.69) is 15.3 Å². The van der Waals surface area contributed by atoms with Gasteiger partial charge in [-0.15, -0.1) is 0 Å². The maximum Gasteiger partial charge on any atom is 0.258 e. The fourth-order valence-corrected chi connectivity index (χ4v) is 2.03. The van der Waals surface area contributed by atoms with Crippen LogP contribution in [0.2, 0.25) is 0 Å². The van der Waals surface area contributed by atoms with Crippen LogP contribution in [0.1, 0.15) is 11.4 Å². The number of carbonyl (C=O) groups excluding carboxylic acids is 1. The van der Waals surface area contributed by atoms with Gasteiger partial charge in [0.1, 0.15) is 0 Å². The number of benzene rings is 1. The van der Waals surface area contributed by atoms with Crippen LogP contribution >= 0.6 is 0 Å². The Balaban J connectivity index is 1.89. The van der Waals surface area contributed by atoms with Gasteiger partial charge in [0.05, 0.1) is 19.3 Å². The van der Waals surface area contributed by atoms with Gasteiger partial charge in [0.2, 0.25) is 5.95 Å². The van der Waals surface area contributed by atoms with Crippen molar-refractivity contribution in [3.8, 4) is 11.5 Å². The number of aromatic nitrogens is 2. The number of hydrogen-bond acceptors (Lipinski definition) is 6. The van der Waals surface area contributed by atoms with Crippen molar-refractivity contribution in [3.05, 3.63) is 41.7 Å². The van der Waals surface area contributed by atoms with E-state index in [0.29, 0.717) is 24.0 Å². The zero-order chi connectivity index (χ0) is 17.5. The summed E-state index contributed by atoms with van der Waals surface area (Å²) in [6.45, 7) is 2.12. The van der Waals surface area contributed by atoms with Gasteiger partial charge >= 0.3 is 0 Å². The maximum atomic E-state index is 12.0. The first kappa shape index (κ1) is 17.5. The van der Waals surface area contributed by atoms with Crippen LogP contribution < -0.4 is 19.7 Å². The lowest BCUT2D eigenvalue weighted by molar-refractivity contribution is -0.123. The van der Waals surface area contributed by atoms with Gasteiger partial charge in [0, 0.05) is 19.8 Å². The van der Waals surface area contributed by atoms with Gasteiger partial charge < -0.3 is 19.7 Å². The number of nitrogens with zero attached hydrogens (tertiary/aromatic N) is 3. The molecule has 2 aromatic rings. The number of rotatable bonds is 7. The summed E-state index contributed by atoms with van der Waals surface area (Å²) in [4.78, 5) is 22.5. The molecule has 0 bridgehead atoms. The monoisotopic (exact) mass is 330 g/mol. The molecule has 7 heteroatoms. The molecule has 0 aliphatic heterocycles. The van der Waals surface area contributed by atoms with Crippen LogP contribution in [0.5, 0.6) is 11.5 Å². The number of anilines is 1. The summed E-state index contributed by atoms with van der Waals surface area (Å²) in [6, 6.07) is 9.03. The van der Waals surface area contributed by atoms with Crippen LogP contribution in [-0.2, 0) is 11.3 Å². The molecule has 0 aliphatic carbocycles. The fraction of sp³-hybridized carbons (Fsp3) is 0.353. The Morgan fingerprint density at radius 3 is 2.58 bits per heavy atom. The largest absolute Gasteiger partial charge is 0.493 e. The molecular formula is C17H22N4O3. The molecule has 128 valence electrons. The Hall–Kier alpha value is -2.83. The quantitative estimate of drug-likeness (QED) is 0.830. The van der Waals surface area contributed by atoms with Gasteiger partial charge in [0.25, 0.3) is 5.91 Å². The molecule has 1 heterocycles. The van der Waals surface area contributed by atoms with Crippen LogP contribution in [0.25, 0.3) is 0 Å². The number of nitrogens with one attached hydrogen (secondary N) is 1. The van der Waals surface area contributed by atoms with Crippen LogP contribution in [0, 0.1) is 6.92 Å². The summed E-state index contributed by atoms with van der Waals surface area (Å²) in [5, 5.41) is 2.79. The molecule has 0 saturated carbocycles. The molecule has 0 unspecified atom stereocenters. The summed E-state index contributed by atoms with van der Waals surface area (Å²) in [7, 11) is 5.30. The lowest BCUT2D eigenvalue weighted by Gasteiger charge is -2.13. The first-order chi connectivity index (χ1) is 11.5. The van der Waals surface area contributed by atoms with E-state index < -0.39 is 0 Å². The summed E-state index contributed by atoms with van der Waals surface area (Å²) < 4.78 is 10.7. The zero-order valence-corrected chi connectivity index (χ0v) is 14.4. The van der Waals surface area contributed by atoms with Gasteiger partial charge in [0.15, 0.2) is 18.1 Å². The van der Waals surface area contributed by atoms with E-state index in [1.165, 1.54) is 0 Å². The molecule has 1 N–H and O–H groups in total. The predicted octanol–water partition coefficient (Wildman–Crippen LogP) is 1.55. The van der Waals surface area contributed by atoms with Crippen LogP contribution in [-0.4, -0.2) is 43.7 Å². The number of aryl methyl sites for hydroxylation is 1. The van der Waals surface area contributed by atoms with Gasteiger partial charge in [-0.1, -0.05) is 12.1 Å². The molecule has 0 spiro atoms. The van der Waals surface area contributed by atoms with Crippen molar-refractivity contribution in [1.29, 1.82) is 0 Å². The minimum Gasteiger partial charge on any atom is -0.493 e. The lowest BCUT2D eigenvalue weighted by atomic mass is 10.3. The molecular weight excluding hydrogens is 308 g/mol. The lowest BCUT2D eigenvalue weighted by Crippen LogP contribution is -2.29. The van der Waals surface area contributed by atoms with Crippen molar-refractivity contribution in [2.45, 2.75) is 13.5 Å². The Bertz CT molecular complexity index is 704. The number of ether oxygens (including phenoxy) is 2. The fourth-order valence-electron chi connectivity index (χ4n) is 2.03. The van der Waals surface area contributed by atoms with Crippen molar-refractivity contribution in [3.63, 3.8) is 0 Å². The third-order valence-electron chi connectivity index (χ3n) is 3.19. The number of amides is 1. The highest BCUT2D eigenvalue weighted by Gasteiger charge is 2.08. The van der Waals surface area contributed by atoms with Crippen molar-refractivity contribution >= 4 is 11.9 Å². The molecule has 0 aliphatic rings. The second-order valence-electron chi connectivity index (χ2n) is 5.41. The van der Waals surface area contributed by atoms with Gasteiger partial charge in [-0.3, -0.25) is 4.79 Å². The Labute approximate surface area is 141 Å². The zero-order valence-electron chi connectivity index (χ0n) is 14.4. The molecule has 1 amide bonds. The van der Waals surface area contributed by atoms with Gasteiger partial charge in [-0.05, 0) is 25.1 Å². The Morgan fingerprint density at radius 2 is 1.92 bits per heavy atom. The van der Waals surface area contributed by atoms with Crippen LogP contribution in [0.4, 0.5) is 5.95 Å². The summed E-state index contributed by atoms with van der Waals surface area (Å²) >= 11 is 0. The first-order valence-corrected chi connectivity index (χ1v) is 7.54. The normalized spacial score (nSPS) is 10.2. The molecule has 7 nitrogen and oxygen atoms in total.